The number of esters is 1. The molecule has 1 amide bonds. The smallest absolute Gasteiger partial charge is 0.350 e. The molecule has 0 saturated carbocycles. The Kier molecular flexibility index (Phi) is 5.28. The molecular weight excluding hydrogens is 318 g/mol. The lowest BCUT2D eigenvalue weighted by Crippen LogP contribution is -2.28. The molecular formula is C15H17N3O4S. The van der Waals surface area contributed by atoms with Crippen LogP contribution < -0.4 is 10.9 Å². The molecule has 0 radical (unpaired) electrons. The first-order chi connectivity index (χ1) is 10.9. The molecule has 7 nitrogen and oxygen atoms in total. The molecule has 0 aliphatic rings. The molecule has 0 saturated heterocycles. The highest BCUT2D eigenvalue weighted by molar-refractivity contribution is 7.17. The van der Waals surface area contributed by atoms with Gasteiger partial charge >= 0.3 is 5.97 Å². The van der Waals surface area contributed by atoms with Crippen molar-refractivity contribution >= 4 is 28.3 Å². The highest BCUT2D eigenvalue weighted by Crippen LogP contribution is 2.23. The standard InChI is InChI=1S/C15H17N3O4S/c1-4-22-14(21)13-10(3)16-15(23-13)17-11(19)8-18-9(2)6-5-7-12(18)20/h5-7H,4,8H2,1-3H3,(H,16,17,19). The Morgan fingerprint density at radius 1 is 1.35 bits per heavy atom. The number of anilines is 1. The number of rotatable bonds is 5. The number of pyridine rings is 1. The fourth-order valence-corrected chi connectivity index (χ4v) is 2.84. The summed E-state index contributed by atoms with van der Waals surface area (Å²) in [6.07, 6.45) is 0. The maximum atomic E-state index is 12.1. The van der Waals surface area contributed by atoms with Gasteiger partial charge in [-0.2, -0.15) is 0 Å². The lowest BCUT2D eigenvalue weighted by atomic mass is 10.3. The number of aryl methyl sites for hydroxylation is 2. The van der Waals surface area contributed by atoms with Gasteiger partial charge in [-0.3, -0.25) is 9.59 Å². The summed E-state index contributed by atoms with van der Waals surface area (Å²) in [5.74, 6) is -0.844. The summed E-state index contributed by atoms with van der Waals surface area (Å²) in [6, 6.07) is 4.79. The Labute approximate surface area is 136 Å². The topological polar surface area (TPSA) is 90.3 Å². The maximum Gasteiger partial charge on any atom is 0.350 e. The quantitative estimate of drug-likeness (QED) is 0.841. The van der Waals surface area contributed by atoms with Crippen LogP contribution in [0.1, 0.15) is 28.0 Å². The summed E-state index contributed by atoms with van der Waals surface area (Å²) in [5, 5.41) is 2.91. The van der Waals surface area contributed by atoms with Gasteiger partial charge in [-0.05, 0) is 26.8 Å². The molecule has 122 valence electrons. The van der Waals surface area contributed by atoms with Gasteiger partial charge in [0.1, 0.15) is 11.4 Å². The number of thiazole rings is 1. The number of carbonyl (C=O) groups is 2. The molecule has 0 spiro atoms. The van der Waals surface area contributed by atoms with E-state index >= 15 is 0 Å². The third kappa shape index (κ3) is 4.04. The molecule has 2 rings (SSSR count). The van der Waals surface area contributed by atoms with Crippen molar-refractivity contribution in [3.8, 4) is 0 Å². The van der Waals surface area contributed by atoms with Crippen molar-refractivity contribution in [1.29, 1.82) is 0 Å². The van der Waals surface area contributed by atoms with E-state index in [0.717, 1.165) is 11.3 Å². The number of nitrogens with zero attached hydrogens (tertiary/aromatic N) is 2. The van der Waals surface area contributed by atoms with E-state index in [0.29, 0.717) is 21.4 Å². The van der Waals surface area contributed by atoms with Crippen molar-refractivity contribution in [3.63, 3.8) is 0 Å². The van der Waals surface area contributed by atoms with E-state index in [2.05, 4.69) is 10.3 Å². The number of nitrogens with one attached hydrogen (secondary N) is 1. The number of carbonyl (C=O) groups excluding carboxylic acids is 2. The molecule has 23 heavy (non-hydrogen) atoms. The Morgan fingerprint density at radius 2 is 2.09 bits per heavy atom. The fourth-order valence-electron chi connectivity index (χ4n) is 1.96. The van der Waals surface area contributed by atoms with Crippen molar-refractivity contribution < 1.29 is 14.3 Å². The highest BCUT2D eigenvalue weighted by Gasteiger charge is 2.17. The van der Waals surface area contributed by atoms with Gasteiger partial charge in [0.2, 0.25) is 5.91 Å². The second-order valence-corrected chi connectivity index (χ2v) is 5.79. The van der Waals surface area contributed by atoms with Crippen molar-refractivity contribution in [1.82, 2.24) is 9.55 Å². The summed E-state index contributed by atoms with van der Waals surface area (Å²) in [6.45, 7) is 5.30. The molecule has 0 unspecified atom stereocenters. The normalized spacial score (nSPS) is 10.4. The van der Waals surface area contributed by atoms with Crippen LogP contribution in [-0.2, 0) is 16.1 Å². The van der Waals surface area contributed by atoms with Gasteiger partial charge in [0.15, 0.2) is 5.13 Å². The highest BCUT2D eigenvalue weighted by atomic mass is 32.1. The summed E-state index contributed by atoms with van der Waals surface area (Å²) < 4.78 is 6.29. The summed E-state index contributed by atoms with van der Waals surface area (Å²) in [7, 11) is 0. The molecule has 8 heteroatoms. The minimum atomic E-state index is -0.460. The van der Waals surface area contributed by atoms with E-state index in [4.69, 9.17) is 4.74 Å². The van der Waals surface area contributed by atoms with E-state index in [9.17, 15) is 14.4 Å². The average molecular weight is 335 g/mol. The predicted molar refractivity (Wildman–Crippen MR) is 86.9 cm³/mol. The number of hydrogen-bond acceptors (Lipinski definition) is 6. The van der Waals surface area contributed by atoms with Gasteiger partial charge in [0, 0.05) is 11.8 Å². The van der Waals surface area contributed by atoms with E-state index < -0.39 is 5.97 Å². The van der Waals surface area contributed by atoms with E-state index in [1.54, 1.807) is 32.9 Å². The SMILES string of the molecule is CCOC(=O)c1sc(NC(=O)Cn2c(C)cccc2=O)nc1C. The van der Waals surface area contributed by atoms with Crippen molar-refractivity contribution in [2.24, 2.45) is 0 Å². The minimum Gasteiger partial charge on any atom is -0.462 e. The molecule has 2 aromatic rings. The Bertz CT molecular complexity index is 794. The summed E-state index contributed by atoms with van der Waals surface area (Å²) in [4.78, 5) is 40.1. The molecule has 1 N–H and O–H groups in total. The Morgan fingerprint density at radius 3 is 2.74 bits per heavy atom. The monoisotopic (exact) mass is 335 g/mol. The number of ether oxygens (including phenoxy) is 1. The molecule has 0 aromatic carbocycles. The lowest BCUT2D eigenvalue weighted by molar-refractivity contribution is -0.116. The fraction of sp³-hybridized carbons (Fsp3) is 0.333. The molecule has 0 aliphatic heterocycles. The van der Waals surface area contributed by atoms with Gasteiger partial charge in [-0.15, -0.1) is 0 Å². The second-order valence-electron chi connectivity index (χ2n) is 4.79. The molecule has 0 atom stereocenters. The van der Waals surface area contributed by atoms with Crippen LogP contribution >= 0.6 is 11.3 Å². The van der Waals surface area contributed by atoms with Gasteiger partial charge < -0.3 is 14.6 Å². The van der Waals surface area contributed by atoms with Crippen molar-refractivity contribution in [2.75, 3.05) is 11.9 Å². The van der Waals surface area contributed by atoms with E-state index in [1.165, 1.54) is 10.6 Å². The number of amides is 1. The van der Waals surface area contributed by atoms with Crippen LogP contribution in [0.15, 0.2) is 23.0 Å². The first-order valence-corrected chi connectivity index (χ1v) is 7.85. The molecule has 0 fully saturated rings. The zero-order valence-corrected chi connectivity index (χ0v) is 13.9. The van der Waals surface area contributed by atoms with Gasteiger partial charge in [0.05, 0.1) is 12.3 Å². The molecule has 2 heterocycles. The lowest BCUT2D eigenvalue weighted by Gasteiger charge is -2.08. The zero-order chi connectivity index (χ0) is 17.0. The van der Waals surface area contributed by atoms with Crippen LogP contribution in [0.3, 0.4) is 0 Å². The number of hydrogen-bond donors (Lipinski definition) is 1. The van der Waals surface area contributed by atoms with Gasteiger partial charge in [0.25, 0.3) is 5.56 Å². The van der Waals surface area contributed by atoms with Gasteiger partial charge in [-0.1, -0.05) is 17.4 Å². The van der Waals surface area contributed by atoms with Crippen LogP contribution in [0, 0.1) is 13.8 Å². The predicted octanol–water partition coefficient (Wildman–Crippen LogP) is 1.74. The number of aromatic nitrogens is 2. The third-order valence-corrected chi connectivity index (χ3v) is 4.13. The Hall–Kier alpha value is -2.48. The zero-order valence-electron chi connectivity index (χ0n) is 13.1. The first kappa shape index (κ1) is 16.9. The second kappa shape index (κ2) is 7.19. The van der Waals surface area contributed by atoms with Gasteiger partial charge in [-0.25, -0.2) is 9.78 Å². The molecule has 0 bridgehead atoms. The van der Waals surface area contributed by atoms with Crippen molar-refractivity contribution in [3.05, 3.63) is 44.8 Å². The van der Waals surface area contributed by atoms with Crippen LogP contribution in [0.2, 0.25) is 0 Å². The van der Waals surface area contributed by atoms with E-state index in [1.807, 2.05) is 0 Å². The van der Waals surface area contributed by atoms with Crippen LogP contribution in [0.4, 0.5) is 5.13 Å². The van der Waals surface area contributed by atoms with E-state index in [-0.39, 0.29) is 24.6 Å². The Balaban J connectivity index is 2.11. The maximum absolute atomic E-state index is 12.1. The third-order valence-electron chi connectivity index (χ3n) is 3.07. The molecule has 0 aliphatic carbocycles. The average Bonchev–Trinajstić information content (AvgIpc) is 2.84. The van der Waals surface area contributed by atoms with Crippen LogP contribution in [0.5, 0.6) is 0 Å². The van der Waals surface area contributed by atoms with Crippen molar-refractivity contribution in [2.45, 2.75) is 27.3 Å². The van der Waals surface area contributed by atoms with Crippen LogP contribution in [0.25, 0.3) is 0 Å². The largest absolute Gasteiger partial charge is 0.462 e. The first-order valence-electron chi connectivity index (χ1n) is 7.03. The summed E-state index contributed by atoms with van der Waals surface area (Å²) >= 11 is 1.05. The van der Waals surface area contributed by atoms with Crippen LogP contribution in [-0.4, -0.2) is 28.0 Å². The minimum absolute atomic E-state index is 0.112. The summed E-state index contributed by atoms with van der Waals surface area (Å²) in [5.41, 5.74) is 0.940. The molecule has 2 aromatic heterocycles.